The molecule has 1 aliphatic heterocycles. The van der Waals surface area contributed by atoms with E-state index in [0.29, 0.717) is 6.04 Å². The van der Waals surface area contributed by atoms with Crippen molar-refractivity contribution in [1.29, 1.82) is 0 Å². The Labute approximate surface area is 106 Å². The van der Waals surface area contributed by atoms with E-state index < -0.39 is 0 Å². The van der Waals surface area contributed by atoms with E-state index in [1.54, 1.807) is 0 Å². The number of hydrogen-bond donors (Lipinski definition) is 1. The van der Waals surface area contributed by atoms with Crippen molar-refractivity contribution >= 4 is 21.6 Å². The van der Waals surface area contributed by atoms with E-state index in [1.165, 1.54) is 22.1 Å². The molecule has 3 heteroatoms. The van der Waals surface area contributed by atoms with Gasteiger partial charge in [-0.2, -0.15) is 0 Å². The molecule has 0 bridgehead atoms. The molecule has 1 N–H and O–H groups in total. The van der Waals surface area contributed by atoms with Crippen LogP contribution in [0.15, 0.2) is 22.7 Å². The van der Waals surface area contributed by atoms with Crippen molar-refractivity contribution in [1.82, 2.24) is 5.32 Å². The topological polar surface area (TPSA) is 15.3 Å². The quantitative estimate of drug-likeness (QED) is 0.852. The predicted molar refractivity (Wildman–Crippen MR) is 73.2 cm³/mol. The zero-order valence-corrected chi connectivity index (χ0v) is 11.5. The number of anilines is 1. The molecule has 1 heterocycles. The molecule has 1 aromatic rings. The molecule has 0 aliphatic carbocycles. The lowest BCUT2D eigenvalue weighted by atomic mass is 10.1. The van der Waals surface area contributed by atoms with E-state index in [0.717, 1.165) is 19.6 Å². The van der Waals surface area contributed by atoms with Crippen LogP contribution in [0.4, 0.5) is 5.69 Å². The Bertz CT molecular complexity index is 365. The Hall–Kier alpha value is -0.540. The monoisotopic (exact) mass is 282 g/mol. The van der Waals surface area contributed by atoms with Crippen LogP contribution < -0.4 is 10.2 Å². The van der Waals surface area contributed by atoms with E-state index in [-0.39, 0.29) is 0 Å². The first-order valence-electron chi connectivity index (χ1n) is 5.92. The smallest absolute Gasteiger partial charge is 0.0372 e. The second-order valence-corrected chi connectivity index (χ2v) is 5.37. The molecule has 2 nitrogen and oxygen atoms in total. The van der Waals surface area contributed by atoms with Gasteiger partial charge in [-0.25, -0.2) is 0 Å². The van der Waals surface area contributed by atoms with Gasteiger partial charge in [0.1, 0.15) is 0 Å². The average molecular weight is 283 g/mol. The summed E-state index contributed by atoms with van der Waals surface area (Å²) in [6.07, 6.45) is 1.22. The van der Waals surface area contributed by atoms with Crippen molar-refractivity contribution in [2.24, 2.45) is 0 Å². The third-order valence-corrected chi connectivity index (χ3v) is 4.16. The molecule has 1 unspecified atom stereocenters. The van der Waals surface area contributed by atoms with Gasteiger partial charge >= 0.3 is 0 Å². The second-order valence-electron chi connectivity index (χ2n) is 4.51. The van der Waals surface area contributed by atoms with Gasteiger partial charge in [0.15, 0.2) is 0 Å². The molecule has 0 spiro atoms. The van der Waals surface area contributed by atoms with Crippen LogP contribution >= 0.6 is 15.9 Å². The maximum Gasteiger partial charge on any atom is 0.0372 e. The molecule has 1 atom stereocenters. The van der Waals surface area contributed by atoms with Crippen LogP contribution in [0.3, 0.4) is 0 Å². The van der Waals surface area contributed by atoms with Crippen molar-refractivity contribution < 1.29 is 0 Å². The van der Waals surface area contributed by atoms with E-state index in [9.17, 15) is 0 Å². The SMILES string of the molecule is Cc1cc(N2CCNCCC2C)ccc1Br. The Morgan fingerprint density at radius 2 is 2.19 bits per heavy atom. The molecule has 1 fully saturated rings. The Kier molecular flexibility index (Phi) is 3.87. The zero-order chi connectivity index (χ0) is 11.5. The molecule has 0 radical (unpaired) electrons. The van der Waals surface area contributed by atoms with E-state index in [2.05, 4.69) is 58.2 Å². The highest BCUT2D eigenvalue weighted by Gasteiger charge is 2.17. The first kappa shape index (κ1) is 11.9. The van der Waals surface area contributed by atoms with E-state index in [4.69, 9.17) is 0 Å². The number of halogens is 1. The minimum Gasteiger partial charge on any atom is -0.367 e. The van der Waals surface area contributed by atoms with Gasteiger partial charge in [-0.3, -0.25) is 0 Å². The highest BCUT2D eigenvalue weighted by atomic mass is 79.9. The lowest BCUT2D eigenvalue weighted by molar-refractivity contribution is 0.631. The van der Waals surface area contributed by atoms with Gasteiger partial charge in [-0.1, -0.05) is 15.9 Å². The van der Waals surface area contributed by atoms with Gasteiger partial charge in [0.25, 0.3) is 0 Å². The maximum atomic E-state index is 3.55. The van der Waals surface area contributed by atoms with E-state index in [1.807, 2.05) is 0 Å². The van der Waals surface area contributed by atoms with Crippen molar-refractivity contribution in [2.45, 2.75) is 26.3 Å². The first-order chi connectivity index (χ1) is 7.68. The zero-order valence-electron chi connectivity index (χ0n) is 9.96. The van der Waals surface area contributed by atoms with Gasteiger partial charge in [0.2, 0.25) is 0 Å². The molecule has 88 valence electrons. The fourth-order valence-corrected chi connectivity index (χ4v) is 2.45. The van der Waals surface area contributed by atoms with Gasteiger partial charge < -0.3 is 10.2 Å². The molecule has 0 amide bonds. The lowest BCUT2D eigenvalue weighted by Gasteiger charge is -2.29. The Balaban J connectivity index is 2.23. The number of nitrogens with one attached hydrogen (secondary N) is 1. The maximum absolute atomic E-state index is 3.55. The van der Waals surface area contributed by atoms with Crippen molar-refractivity contribution in [3.05, 3.63) is 28.2 Å². The largest absolute Gasteiger partial charge is 0.367 e. The van der Waals surface area contributed by atoms with Gasteiger partial charge in [-0.05, 0) is 50.6 Å². The summed E-state index contributed by atoms with van der Waals surface area (Å²) in [5, 5.41) is 3.45. The van der Waals surface area contributed by atoms with Gasteiger partial charge in [0, 0.05) is 29.3 Å². The van der Waals surface area contributed by atoms with Crippen molar-refractivity contribution in [2.75, 3.05) is 24.5 Å². The van der Waals surface area contributed by atoms with Gasteiger partial charge in [-0.15, -0.1) is 0 Å². The molecule has 1 aliphatic rings. The van der Waals surface area contributed by atoms with Crippen LogP contribution in [0.1, 0.15) is 18.9 Å². The number of nitrogens with zero attached hydrogens (tertiary/aromatic N) is 1. The van der Waals surface area contributed by atoms with Crippen LogP contribution in [0, 0.1) is 6.92 Å². The predicted octanol–water partition coefficient (Wildman–Crippen LogP) is 2.95. The Morgan fingerprint density at radius 3 is 2.94 bits per heavy atom. The van der Waals surface area contributed by atoms with Crippen LogP contribution in [-0.4, -0.2) is 25.7 Å². The summed E-state index contributed by atoms with van der Waals surface area (Å²) in [7, 11) is 0. The highest BCUT2D eigenvalue weighted by molar-refractivity contribution is 9.10. The van der Waals surface area contributed by atoms with Crippen molar-refractivity contribution in [3.8, 4) is 0 Å². The van der Waals surface area contributed by atoms with Crippen LogP contribution in [0.2, 0.25) is 0 Å². The second kappa shape index (κ2) is 5.19. The fourth-order valence-electron chi connectivity index (χ4n) is 2.20. The first-order valence-corrected chi connectivity index (χ1v) is 6.71. The summed E-state index contributed by atoms with van der Waals surface area (Å²) >= 11 is 3.55. The summed E-state index contributed by atoms with van der Waals surface area (Å²) in [4.78, 5) is 2.50. The number of benzene rings is 1. The van der Waals surface area contributed by atoms with E-state index >= 15 is 0 Å². The molecule has 1 saturated heterocycles. The molecule has 16 heavy (non-hydrogen) atoms. The summed E-state index contributed by atoms with van der Waals surface area (Å²) in [6, 6.07) is 7.25. The standard InChI is InChI=1S/C13H19BrN2/c1-10-9-12(3-4-13(10)14)16-8-7-15-6-5-11(16)2/h3-4,9,11,15H,5-8H2,1-2H3. The highest BCUT2D eigenvalue weighted by Crippen LogP contribution is 2.25. The number of hydrogen-bond acceptors (Lipinski definition) is 2. The van der Waals surface area contributed by atoms with Crippen LogP contribution in [0.25, 0.3) is 0 Å². The van der Waals surface area contributed by atoms with Gasteiger partial charge in [0.05, 0.1) is 0 Å². The summed E-state index contributed by atoms with van der Waals surface area (Å²) < 4.78 is 1.19. The molecule has 2 rings (SSSR count). The average Bonchev–Trinajstić information content (AvgIpc) is 2.47. The third-order valence-electron chi connectivity index (χ3n) is 3.27. The molecule has 0 saturated carbocycles. The molecule has 0 aromatic heterocycles. The lowest BCUT2D eigenvalue weighted by Crippen LogP contribution is -2.34. The Morgan fingerprint density at radius 1 is 1.38 bits per heavy atom. The summed E-state index contributed by atoms with van der Waals surface area (Å²) in [5.74, 6) is 0. The molecular weight excluding hydrogens is 264 g/mol. The summed E-state index contributed by atoms with van der Waals surface area (Å²) in [5.41, 5.74) is 2.65. The number of aryl methyl sites for hydroxylation is 1. The normalized spacial score (nSPS) is 21.9. The van der Waals surface area contributed by atoms with Crippen LogP contribution in [-0.2, 0) is 0 Å². The molecular formula is C13H19BrN2. The summed E-state index contributed by atoms with van der Waals surface area (Å²) in [6.45, 7) is 7.77. The number of rotatable bonds is 1. The third kappa shape index (κ3) is 2.58. The van der Waals surface area contributed by atoms with Crippen molar-refractivity contribution in [3.63, 3.8) is 0 Å². The van der Waals surface area contributed by atoms with Crippen LogP contribution in [0.5, 0.6) is 0 Å². The minimum absolute atomic E-state index is 0.621. The molecule has 1 aromatic carbocycles. The fraction of sp³-hybridized carbons (Fsp3) is 0.538. The minimum atomic E-state index is 0.621.